The van der Waals surface area contributed by atoms with E-state index < -0.39 is 14.6 Å². The number of sulfone groups is 1. The van der Waals surface area contributed by atoms with Crippen LogP contribution >= 0.6 is 0 Å². The molecular formula is C15H25N3O2S. The van der Waals surface area contributed by atoms with Crippen molar-refractivity contribution in [2.75, 3.05) is 23.7 Å². The molecule has 0 unspecified atom stereocenters. The van der Waals surface area contributed by atoms with Crippen molar-refractivity contribution in [2.24, 2.45) is 0 Å². The molecule has 118 valence electrons. The smallest absolute Gasteiger partial charge is 0.159 e. The van der Waals surface area contributed by atoms with Crippen LogP contribution in [0.25, 0.3) is 0 Å². The van der Waals surface area contributed by atoms with Crippen molar-refractivity contribution in [3.8, 4) is 0 Å². The standard InChI is InChI=1S/C15H25N3O2S/c1-5-15(6-2)11-18(9-10-21(15,19)20)13-7-8-16-14(17-13)12(3)4/h7-8,12H,5-6,9-11H2,1-4H3. The van der Waals surface area contributed by atoms with Crippen LogP contribution in [-0.4, -0.2) is 42.0 Å². The molecule has 0 aliphatic carbocycles. The molecule has 1 aromatic rings. The molecule has 0 atom stereocenters. The molecule has 0 bridgehead atoms. The van der Waals surface area contributed by atoms with Gasteiger partial charge in [0.15, 0.2) is 9.84 Å². The highest BCUT2D eigenvalue weighted by atomic mass is 32.2. The van der Waals surface area contributed by atoms with Crippen LogP contribution in [0.15, 0.2) is 12.3 Å². The van der Waals surface area contributed by atoms with Gasteiger partial charge < -0.3 is 4.90 Å². The Bertz CT molecular complexity index is 595. The van der Waals surface area contributed by atoms with E-state index in [1.54, 1.807) is 6.20 Å². The van der Waals surface area contributed by atoms with Crippen molar-refractivity contribution in [1.29, 1.82) is 0 Å². The molecule has 21 heavy (non-hydrogen) atoms. The first-order valence-corrected chi connectivity index (χ1v) is 9.30. The lowest BCUT2D eigenvalue weighted by atomic mass is 10.0. The average molecular weight is 311 g/mol. The molecule has 1 fully saturated rings. The number of nitrogens with zero attached hydrogens (tertiary/aromatic N) is 3. The van der Waals surface area contributed by atoms with Gasteiger partial charge in [-0.3, -0.25) is 0 Å². The highest BCUT2D eigenvalue weighted by Gasteiger charge is 2.45. The number of rotatable bonds is 4. The van der Waals surface area contributed by atoms with Crippen LogP contribution < -0.4 is 4.90 Å². The lowest BCUT2D eigenvalue weighted by Gasteiger charge is -2.41. The first kappa shape index (κ1) is 16.2. The van der Waals surface area contributed by atoms with Crippen molar-refractivity contribution >= 4 is 15.7 Å². The molecule has 1 aliphatic heterocycles. The average Bonchev–Trinajstić information content (AvgIpc) is 2.47. The van der Waals surface area contributed by atoms with E-state index in [0.29, 0.717) is 25.9 Å². The van der Waals surface area contributed by atoms with Crippen LogP contribution in [0.3, 0.4) is 0 Å². The lowest BCUT2D eigenvalue weighted by molar-refractivity contribution is 0.457. The summed E-state index contributed by atoms with van der Waals surface area (Å²) in [7, 11) is -3.04. The summed E-state index contributed by atoms with van der Waals surface area (Å²) in [4.78, 5) is 11.0. The summed E-state index contributed by atoms with van der Waals surface area (Å²) < 4.78 is 24.3. The zero-order valence-corrected chi connectivity index (χ0v) is 14.2. The van der Waals surface area contributed by atoms with Gasteiger partial charge in [0.2, 0.25) is 0 Å². The number of anilines is 1. The molecule has 1 saturated heterocycles. The van der Waals surface area contributed by atoms with E-state index in [4.69, 9.17) is 0 Å². The molecule has 0 saturated carbocycles. The second kappa shape index (κ2) is 5.91. The van der Waals surface area contributed by atoms with Crippen LogP contribution in [0.2, 0.25) is 0 Å². The van der Waals surface area contributed by atoms with Crippen molar-refractivity contribution in [3.63, 3.8) is 0 Å². The molecule has 0 aromatic carbocycles. The molecule has 0 radical (unpaired) electrons. The Balaban J connectivity index is 2.33. The molecule has 1 aromatic heterocycles. The Morgan fingerprint density at radius 3 is 2.57 bits per heavy atom. The molecule has 2 rings (SSSR count). The number of hydrogen-bond donors (Lipinski definition) is 0. The van der Waals surface area contributed by atoms with E-state index in [-0.39, 0.29) is 11.7 Å². The predicted molar refractivity (Wildman–Crippen MR) is 85.4 cm³/mol. The normalized spacial score (nSPS) is 20.7. The van der Waals surface area contributed by atoms with Crippen LogP contribution in [-0.2, 0) is 9.84 Å². The van der Waals surface area contributed by atoms with Crippen LogP contribution in [0, 0.1) is 0 Å². The van der Waals surface area contributed by atoms with Crippen LogP contribution in [0.1, 0.15) is 52.3 Å². The zero-order valence-electron chi connectivity index (χ0n) is 13.3. The third-order valence-corrected chi connectivity index (χ3v) is 7.30. The minimum absolute atomic E-state index is 0.204. The lowest BCUT2D eigenvalue weighted by Crippen LogP contribution is -2.56. The maximum Gasteiger partial charge on any atom is 0.159 e. The second-order valence-corrected chi connectivity index (χ2v) is 8.56. The van der Waals surface area contributed by atoms with E-state index in [2.05, 4.69) is 28.7 Å². The number of hydrogen-bond acceptors (Lipinski definition) is 5. The van der Waals surface area contributed by atoms with Crippen LogP contribution in [0.5, 0.6) is 0 Å². The van der Waals surface area contributed by atoms with Gasteiger partial charge in [0, 0.05) is 25.2 Å². The Morgan fingerprint density at radius 1 is 1.33 bits per heavy atom. The summed E-state index contributed by atoms with van der Waals surface area (Å²) in [6.07, 6.45) is 3.05. The Labute approximate surface area is 127 Å². The van der Waals surface area contributed by atoms with Gasteiger partial charge in [0.05, 0.1) is 10.5 Å². The topological polar surface area (TPSA) is 63.2 Å². The van der Waals surface area contributed by atoms with Crippen molar-refractivity contribution in [1.82, 2.24) is 9.97 Å². The van der Waals surface area contributed by atoms with Crippen LogP contribution in [0.4, 0.5) is 5.82 Å². The summed E-state index contributed by atoms with van der Waals surface area (Å²) in [5.74, 6) is 2.12. The quantitative estimate of drug-likeness (QED) is 0.854. The van der Waals surface area contributed by atoms with E-state index in [1.807, 2.05) is 19.9 Å². The molecule has 5 nitrogen and oxygen atoms in total. The number of aromatic nitrogens is 2. The van der Waals surface area contributed by atoms with Gasteiger partial charge in [0.25, 0.3) is 0 Å². The van der Waals surface area contributed by atoms with Crippen molar-refractivity contribution in [2.45, 2.75) is 51.2 Å². The molecule has 1 aliphatic rings. The molecule has 0 N–H and O–H groups in total. The van der Waals surface area contributed by atoms with E-state index in [1.165, 1.54) is 0 Å². The SMILES string of the molecule is CCC1(CC)CN(c2ccnc(C(C)C)n2)CCS1(=O)=O. The minimum Gasteiger partial charge on any atom is -0.354 e. The molecule has 2 heterocycles. The van der Waals surface area contributed by atoms with Gasteiger partial charge in [-0.05, 0) is 18.9 Å². The summed E-state index contributed by atoms with van der Waals surface area (Å²) in [6.45, 7) is 9.08. The van der Waals surface area contributed by atoms with Gasteiger partial charge >= 0.3 is 0 Å². The van der Waals surface area contributed by atoms with Crippen molar-refractivity contribution < 1.29 is 8.42 Å². The molecule has 0 spiro atoms. The van der Waals surface area contributed by atoms with Gasteiger partial charge in [-0.1, -0.05) is 27.7 Å². The van der Waals surface area contributed by atoms with E-state index in [0.717, 1.165) is 11.6 Å². The van der Waals surface area contributed by atoms with Gasteiger partial charge in [-0.25, -0.2) is 18.4 Å². The third-order valence-electron chi connectivity index (χ3n) is 4.56. The highest BCUT2D eigenvalue weighted by molar-refractivity contribution is 7.92. The Kier molecular flexibility index (Phi) is 4.56. The first-order chi connectivity index (χ1) is 9.85. The molecule has 6 heteroatoms. The Hall–Kier alpha value is -1.17. The predicted octanol–water partition coefficient (Wildman–Crippen LogP) is 2.39. The van der Waals surface area contributed by atoms with Gasteiger partial charge in [-0.15, -0.1) is 0 Å². The molecular weight excluding hydrogens is 286 g/mol. The zero-order chi connectivity index (χ0) is 15.7. The minimum atomic E-state index is -3.04. The second-order valence-electron chi connectivity index (χ2n) is 6.06. The monoisotopic (exact) mass is 311 g/mol. The van der Waals surface area contributed by atoms with E-state index in [9.17, 15) is 8.42 Å². The fraction of sp³-hybridized carbons (Fsp3) is 0.733. The highest BCUT2D eigenvalue weighted by Crippen LogP contribution is 2.33. The summed E-state index contributed by atoms with van der Waals surface area (Å²) >= 11 is 0. The summed E-state index contributed by atoms with van der Waals surface area (Å²) in [6, 6.07) is 1.87. The van der Waals surface area contributed by atoms with E-state index >= 15 is 0 Å². The summed E-state index contributed by atoms with van der Waals surface area (Å²) in [5.41, 5.74) is 0. The maximum absolute atomic E-state index is 12.5. The largest absolute Gasteiger partial charge is 0.354 e. The fourth-order valence-electron chi connectivity index (χ4n) is 2.90. The van der Waals surface area contributed by atoms with Crippen molar-refractivity contribution in [3.05, 3.63) is 18.1 Å². The first-order valence-electron chi connectivity index (χ1n) is 7.65. The third kappa shape index (κ3) is 2.91. The maximum atomic E-state index is 12.5. The van der Waals surface area contributed by atoms with Gasteiger partial charge in [0.1, 0.15) is 11.6 Å². The van der Waals surface area contributed by atoms with Gasteiger partial charge in [-0.2, -0.15) is 0 Å². The summed E-state index contributed by atoms with van der Waals surface area (Å²) in [5, 5.41) is 0. The fourth-order valence-corrected chi connectivity index (χ4v) is 5.03. The Morgan fingerprint density at radius 2 is 2.00 bits per heavy atom. The molecule has 0 amide bonds.